The molecule has 0 aromatic carbocycles. The van der Waals surface area contributed by atoms with Crippen molar-refractivity contribution in [2.75, 3.05) is 0 Å². The Morgan fingerprint density at radius 2 is 2.00 bits per heavy atom. The first-order chi connectivity index (χ1) is 6.21. The van der Waals surface area contributed by atoms with Crippen molar-refractivity contribution in [3.05, 3.63) is 0 Å². The lowest BCUT2D eigenvalue weighted by atomic mass is 9.89. The van der Waals surface area contributed by atoms with E-state index in [0.717, 1.165) is 19.3 Å². The Kier molecular flexibility index (Phi) is 3.14. The van der Waals surface area contributed by atoms with E-state index in [4.69, 9.17) is 5.73 Å². The first-order valence-electron chi connectivity index (χ1n) is 5.03. The average molecular weight is 209 g/mol. The molecular formula is C10H18F3N. The number of hydrogen-bond donors (Lipinski definition) is 1. The van der Waals surface area contributed by atoms with Gasteiger partial charge in [0, 0.05) is 0 Å². The average Bonchev–Trinajstić information content (AvgIpc) is 2.28. The van der Waals surface area contributed by atoms with Gasteiger partial charge in [0.15, 0.2) is 0 Å². The second-order valence-electron chi connectivity index (χ2n) is 5.16. The van der Waals surface area contributed by atoms with Crippen LogP contribution in [0.25, 0.3) is 0 Å². The summed E-state index contributed by atoms with van der Waals surface area (Å²) in [4.78, 5) is 0. The van der Waals surface area contributed by atoms with E-state index in [1.165, 1.54) is 0 Å². The summed E-state index contributed by atoms with van der Waals surface area (Å²) in [6.45, 7) is 4.21. The van der Waals surface area contributed by atoms with Crippen molar-refractivity contribution in [1.29, 1.82) is 0 Å². The molecule has 0 amide bonds. The SMILES string of the molecule is CC1(C)CCC(CC(N)C(F)(F)F)C1. The monoisotopic (exact) mass is 209 g/mol. The fraction of sp³-hybridized carbons (Fsp3) is 1.00. The molecule has 1 aliphatic carbocycles. The summed E-state index contributed by atoms with van der Waals surface area (Å²) in [6.07, 6.45) is -1.37. The first-order valence-corrected chi connectivity index (χ1v) is 5.03. The van der Waals surface area contributed by atoms with E-state index in [-0.39, 0.29) is 17.8 Å². The number of hydrogen-bond acceptors (Lipinski definition) is 1. The number of nitrogens with two attached hydrogens (primary N) is 1. The maximum absolute atomic E-state index is 12.2. The van der Waals surface area contributed by atoms with Crippen LogP contribution in [0.4, 0.5) is 13.2 Å². The summed E-state index contributed by atoms with van der Waals surface area (Å²) in [5, 5.41) is 0. The van der Waals surface area contributed by atoms with Gasteiger partial charge in [-0.05, 0) is 37.0 Å². The third-order valence-corrected chi connectivity index (χ3v) is 3.08. The molecule has 84 valence electrons. The zero-order valence-corrected chi connectivity index (χ0v) is 8.69. The van der Waals surface area contributed by atoms with E-state index in [1.54, 1.807) is 0 Å². The molecule has 1 nitrogen and oxygen atoms in total. The van der Waals surface area contributed by atoms with Gasteiger partial charge in [0.1, 0.15) is 6.04 Å². The summed E-state index contributed by atoms with van der Waals surface area (Å²) in [7, 11) is 0. The van der Waals surface area contributed by atoms with Gasteiger partial charge in [-0.3, -0.25) is 0 Å². The molecule has 0 aromatic rings. The van der Waals surface area contributed by atoms with Crippen LogP contribution >= 0.6 is 0 Å². The van der Waals surface area contributed by atoms with Gasteiger partial charge >= 0.3 is 6.18 Å². The van der Waals surface area contributed by atoms with Gasteiger partial charge in [0.2, 0.25) is 0 Å². The van der Waals surface area contributed by atoms with Crippen LogP contribution < -0.4 is 5.73 Å². The van der Waals surface area contributed by atoms with Crippen molar-refractivity contribution in [3.8, 4) is 0 Å². The predicted octanol–water partition coefficient (Wildman–Crippen LogP) is 3.09. The first kappa shape index (κ1) is 11.8. The quantitative estimate of drug-likeness (QED) is 0.743. The molecule has 0 spiro atoms. The van der Waals surface area contributed by atoms with Crippen molar-refractivity contribution in [2.24, 2.45) is 17.1 Å². The van der Waals surface area contributed by atoms with Crippen molar-refractivity contribution in [1.82, 2.24) is 0 Å². The smallest absolute Gasteiger partial charge is 0.320 e. The van der Waals surface area contributed by atoms with E-state index in [2.05, 4.69) is 13.8 Å². The highest BCUT2D eigenvalue weighted by molar-refractivity contribution is 4.85. The van der Waals surface area contributed by atoms with Gasteiger partial charge in [0.25, 0.3) is 0 Å². The molecule has 1 fully saturated rings. The largest absolute Gasteiger partial charge is 0.403 e. The molecule has 1 aliphatic rings. The van der Waals surface area contributed by atoms with Crippen molar-refractivity contribution in [2.45, 2.75) is 51.7 Å². The third-order valence-electron chi connectivity index (χ3n) is 3.08. The summed E-state index contributed by atoms with van der Waals surface area (Å²) >= 11 is 0. The molecule has 1 saturated carbocycles. The highest BCUT2D eigenvalue weighted by atomic mass is 19.4. The van der Waals surface area contributed by atoms with Gasteiger partial charge < -0.3 is 5.73 Å². The lowest BCUT2D eigenvalue weighted by molar-refractivity contribution is -0.151. The number of alkyl halides is 3. The van der Waals surface area contributed by atoms with Crippen LogP contribution in [0.15, 0.2) is 0 Å². The molecule has 0 saturated heterocycles. The summed E-state index contributed by atoms with van der Waals surface area (Å²) in [6, 6.07) is -1.64. The minimum Gasteiger partial charge on any atom is -0.320 e. The molecular weight excluding hydrogens is 191 g/mol. The van der Waals surface area contributed by atoms with Gasteiger partial charge in [-0.25, -0.2) is 0 Å². The fourth-order valence-corrected chi connectivity index (χ4v) is 2.27. The highest BCUT2D eigenvalue weighted by Gasteiger charge is 2.40. The lowest BCUT2D eigenvalue weighted by Gasteiger charge is -2.21. The lowest BCUT2D eigenvalue weighted by Crippen LogP contribution is -2.38. The Morgan fingerprint density at radius 1 is 1.43 bits per heavy atom. The molecule has 0 aliphatic heterocycles. The Morgan fingerprint density at radius 3 is 2.36 bits per heavy atom. The molecule has 4 heteroatoms. The molecule has 2 unspecified atom stereocenters. The molecule has 0 radical (unpaired) electrons. The predicted molar refractivity (Wildman–Crippen MR) is 49.8 cm³/mol. The van der Waals surface area contributed by atoms with E-state index in [1.807, 2.05) is 0 Å². The van der Waals surface area contributed by atoms with Crippen molar-refractivity contribution < 1.29 is 13.2 Å². The minimum atomic E-state index is -4.23. The number of rotatable bonds is 2. The normalized spacial score (nSPS) is 29.1. The van der Waals surface area contributed by atoms with Crippen LogP contribution in [0.5, 0.6) is 0 Å². The van der Waals surface area contributed by atoms with E-state index >= 15 is 0 Å². The Labute approximate surface area is 82.9 Å². The summed E-state index contributed by atoms with van der Waals surface area (Å²) in [5.74, 6) is 0.154. The molecule has 0 bridgehead atoms. The highest BCUT2D eigenvalue weighted by Crippen LogP contribution is 2.43. The van der Waals surface area contributed by atoms with Crippen LogP contribution in [0.2, 0.25) is 0 Å². The number of halogens is 3. The van der Waals surface area contributed by atoms with Gasteiger partial charge in [-0.2, -0.15) is 13.2 Å². The standard InChI is InChI=1S/C10H18F3N/c1-9(2)4-3-7(6-9)5-8(14)10(11,12)13/h7-8H,3-6,14H2,1-2H3. The van der Waals surface area contributed by atoms with Crippen LogP contribution in [-0.4, -0.2) is 12.2 Å². The maximum Gasteiger partial charge on any atom is 0.403 e. The van der Waals surface area contributed by atoms with Crippen LogP contribution in [-0.2, 0) is 0 Å². The second-order valence-corrected chi connectivity index (χ2v) is 5.16. The van der Waals surface area contributed by atoms with Gasteiger partial charge in [-0.15, -0.1) is 0 Å². The van der Waals surface area contributed by atoms with Gasteiger partial charge in [0.05, 0.1) is 0 Å². The summed E-state index contributed by atoms with van der Waals surface area (Å²) in [5.41, 5.74) is 5.30. The maximum atomic E-state index is 12.2. The molecule has 2 N–H and O–H groups in total. The Bertz CT molecular complexity index is 198. The molecule has 1 rings (SSSR count). The third kappa shape index (κ3) is 3.15. The Hall–Kier alpha value is -0.250. The molecule has 2 atom stereocenters. The summed E-state index contributed by atoms with van der Waals surface area (Å²) < 4.78 is 36.5. The fourth-order valence-electron chi connectivity index (χ4n) is 2.27. The molecule has 0 aromatic heterocycles. The molecule has 14 heavy (non-hydrogen) atoms. The minimum absolute atomic E-state index is 0.0902. The van der Waals surface area contributed by atoms with Crippen LogP contribution in [0, 0.1) is 11.3 Å². The van der Waals surface area contributed by atoms with E-state index in [0.29, 0.717) is 0 Å². The van der Waals surface area contributed by atoms with Gasteiger partial charge in [-0.1, -0.05) is 13.8 Å². The topological polar surface area (TPSA) is 26.0 Å². The van der Waals surface area contributed by atoms with Crippen molar-refractivity contribution in [3.63, 3.8) is 0 Å². The van der Waals surface area contributed by atoms with Crippen LogP contribution in [0.3, 0.4) is 0 Å². The van der Waals surface area contributed by atoms with Crippen LogP contribution in [0.1, 0.15) is 39.5 Å². The zero-order chi connectivity index (χ0) is 11.0. The zero-order valence-electron chi connectivity index (χ0n) is 8.69. The Balaban J connectivity index is 2.40. The second kappa shape index (κ2) is 3.72. The van der Waals surface area contributed by atoms with E-state index < -0.39 is 12.2 Å². The van der Waals surface area contributed by atoms with E-state index in [9.17, 15) is 13.2 Å². The molecule has 0 heterocycles. The van der Waals surface area contributed by atoms with Crippen molar-refractivity contribution >= 4 is 0 Å².